The first-order valence-electron chi connectivity index (χ1n) is 7.59. The number of nitrogens with one attached hydrogen (secondary N) is 1. The van der Waals surface area contributed by atoms with Crippen LogP contribution in [0, 0.1) is 10.1 Å². The Balaban J connectivity index is 2.89. The van der Waals surface area contributed by atoms with Crippen LogP contribution < -0.4 is 14.8 Å². The number of amides is 1. The zero-order chi connectivity index (χ0) is 19.9. The van der Waals surface area contributed by atoms with Gasteiger partial charge in [0.2, 0.25) is 5.78 Å². The lowest BCUT2D eigenvalue weighted by Gasteiger charge is -2.11. The summed E-state index contributed by atoms with van der Waals surface area (Å²) in [6, 6.07) is 2.37. The molecule has 10 nitrogen and oxygen atoms in total. The monoisotopic (exact) mass is 368 g/mol. The highest BCUT2D eigenvalue weighted by atomic mass is 16.6. The highest BCUT2D eigenvalue weighted by Gasteiger charge is 2.24. The van der Waals surface area contributed by atoms with Crippen LogP contribution in [0.15, 0.2) is 12.1 Å². The standard InChI is InChI=1S/C16H20N2O8/c1-9(2)26-15(20)8-17-16(21)12(19)5-10-6-13(24-3)14(25-4)7-11(10)18(22)23/h6-7,9H,5,8H2,1-4H3,(H,17,21). The fourth-order valence-electron chi connectivity index (χ4n) is 2.03. The maximum atomic E-state index is 12.0. The third kappa shape index (κ3) is 5.72. The predicted octanol–water partition coefficient (Wildman–Crippen LogP) is 0.791. The van der Waals surface area contributed by atoms with Crippen molar-refractivity contribution in [1.29, 1.82) is 0 Å². The molecule has 0 fully saturated rings. The smallest absolute Gasteiger partial charge is 0.325 e. The third-order valence-corrected chi connectivity index (χ3v) is 3.15. The van der Waals surface area contributed by atoms with Crippen LogP contribution in [0.5, 0.6) is 11.5 Å². The van der Waals surface area contributed by atoms with Crippen LogP contribution in [-0.4, -0.2) is 49.5 Å². The van der Waals surface area contributed by atoms with Crippen LogP contribution in [0.2, 0.25) is 0 Å². The Morgan fingerprint density at radius 1 is 1.15 bits per heavy atom. The number of nitro groups is 1. The van der Waals surface area contributed by atoms with E-state index in [4.69, 9.17) is 14.2 Å². The number of carbonyl (C=O) groups is 3. The minimum absolute atomic E-state index is 0.0162. The van der Waals surface area contributed by atoms with E-state index < -0.39 is 35.5 Å². The van der Waals surface area contributed by atoms with Gasteiger partial charge in [0.1, 0.15) is 6.54 Å². The topological polar surface area (TPSA) is 134 Å². The van der Waals surface area contributed by atoms with Crippen molar-refractivity contribution >= 4 is 23.3 Å². The molecule has 0 aliphatic heterocycles. The Labute approximate surface area is 149 Å². The zero-order valence-corrected chi connectivity index (χ0v) is 14.9. The summed E-state index contributed by atoms with van der Waals surface area (Å²) >= 11 is 0. The maximum Gasteiger partial charge on any atom is 0.325 e. The molecule has 1 aromatic rings. The summed E-state index contributed by atoms with van der Waals surface area (Å²) in [6.45, 7) is 2.80. The highest BCUT2D eigenvalue weighted by molar-refractivity contribution is 6.36. The van der Waals surface area contributed by atoms with E-state index in [9.17, 15) is 24.5 Å². The van der Waals surface area contributed by atoms with Crippen molar-refractivity contribution in [2.24, 2.45) is 0 Å². The molecule has 0 spiro atoms. The number of hydrogen-bond acceptors (Lipinski definition) is 8. The lowest BCUT2D eigenvalue weighted by molar-refractivity contribution is -0.385. The minimum Gasteiger partial charge on any atom is -0.493 e. The molecule has 1 N–H and O–H groups in total. The summed E-state index contributed by atoms with van der Waals surface area (Å²) in [5.41, 5.74) is -0.402. The second-order valence-corrected chi connectivity index (χ2v) is 5.41. The van der Waals surface area contributed by atoms with E-state index in [1.165, 1.54) is 20.3 Å². The molecule has 0 aliphatic rings. The molecule has 142 valence electrons. The average molecular weight is 368 g/mol. The maximum absolute atomic E-state index is 12.0. The summed E-state index contributed by atoms with van der Waals surface area (Å²) in [6.07, 6.45) is -0.897. The third-order valence-electron chi connectivity index (χ3n) is 3.15. The van der Waals surface area contributed by atoms with E-state index in [1.54, 1.807) is 13.8 Å². The molecule has 0 aromatic heterocycles. The van der Waals surface area contributed by atoms with Gasteiger partial charge in [-0.25, -0.2) is 0 Å². The van der Waals surface area contributed by atoms with Crippen molar-refractivity contribution in [3.8, 4) is 11.5 Å². The van der Waals surface area contributed by atoms with Gasteiger partial charge >= 0.3 is 5.97 Å². The Morgan fingerprint density at radius 2 is 1.73 bits per heavy atom. The van der Waals surface area contributed by atoms with Crippen LogP contribution in [0.3, 0.4) is 0 Å². The van der Waals surface area contributed by atoms with E-state index in [0.29, 0.717) is 0 Å². The molecule has 0 saturated carbocycles. The van der Waals surface area contributed by atoms with E-state index in [0.717, 1.165) is 6.07 Å². The van der Waals surface area contributed by atoms with Gasteiger partial charge in [-0.2, -0.15) is 0 Å². The zero-order valence-electron chi connectivity index (χ0n) is 14.9. The summed E-state index contributed by atoms with van der Waals surface area (Å²) < 4.78 is 14.9. The molecule has 0 unspecified atom stereocenters. The first-order chi connectivity index (χ1) is 12.2. The predicted molar refractivity (Wildman–Crippen MR) is 89.1 cm³/mol. The molecule has 0 atom stereocenters. The van der Waals surface area contributed by atoms with Crippen LogP contribution in [0.1, 0.15) is 19.4 Å². The lowest BCUT2D eigenvalue weighted by Crippen LogP contribution is -2.37. The minimum atomic E-state index is -1.05. The molecule has 0 saturated heterocycles. The fraction of sp³-hybridized carbons (Fsp3) is 0.438. The SMILES string of the molecule is COc1cc(CC(=O)C(=O)NCC(=O)OC(C)C)c([N+](=O)[O-])cc1OC. The molecular formula is C16H20N2O8. The van der Waals surface area contributed by atoms with Crippen LogP contribution in [0.4, 0.5) is 5.69 Å². The van der Waals surface area contributed by atoms with Gasteiger partial charge < -0.3 is 19.5 Å². The number of nitrogens with zero attached hydrogens (tertiary/aromatic N) is 1. The molecule has 1 rings (SSSR count). The molecule has 0 bridgehead atoms. The number of ether oxygens (including phenoxy) is 3. The van der Waals surface area contributed by atoms with Gasteiger partial charge in [-0.15, -0.1) is 0 Å². The molecule has 1 aromatic carbocycles. The summed E-state index contributed by atoms with van der Waals surface area (Å²) in [5.74, 6) is -2.39. The quantitative estimate of drug-likeness (QED) is 0.293. The Hall–Kier alpha value is -3.17. The number of benzene rings is 1. The fourth-order valence-corrected chi connectivity index (χ4v) is 2.03. The van der Waals surface area contributed by atoms with Crippen LogP contribution in [-0.2, 0) is 25.5 Å². The van der Waals surface area contributed by atoms with Gasteiger partial charge in [0.15, 0.2) is 11.5 Å². The van der Waals surface area contributed by atoms with Crippen molar-refractivity contribution < 1.29 is 33.5 Å². The second-order valence-electron chi connectivity index (χ2n) is 5.41. The molecule has 10 heteroatoms. The molecule has 0 heterocycles. The van der Waals surface area contributed by atoms with E-state index in [1.807, 2.05) is 0 Å². The number of methoxy groups -OCH3 is 2. The largest absolute Gasteiger partial charge is 0.493 e. The number of Topliss-reactive ketones (excluding diaryl/α,β-unsaturated/α-hetero) is 1. The number of hydrogen-bond donors (Lipinski definition) is 1. The number of carbonyl (C=O) groups excluding carboxylic acids is 3. The Bertz CT molecular complexity index is 714. The number of ketones is 1. The lowest BCUT2D eigenvalue weighted by atomic mass is 10.1. The van der Waals surface area contributed by atoms with Crippen molar-refractivity contribution in [3.05, 3.63) is 27.8 Å². The Kier molecular flexibility index (Phi) is 7.51. The number of esters is 1. The van der Waals surface area contributed by atoms with Gasteiger partial charge in [0.25, 0.3) is 11.6 Å². The van der Waals surface area contributed by atoms with Crippen molar-refractivity contribution in [2.45, 2.75) is 26.4 Å². The van der Waals surface area contributed by atoms with E-state index in [-0.39, 0.29) is 28.9 Å². The molecule has 0 aliphatic carbocycles. The van der Waals surface area contributed by atoms with Crippen molar-refractivity contribution in [1.82, 2.24) is 5.32 Å². The van der Waals surface area contributed by atoms with Gasteiger partial charge in [-0.1, -0.05) is 0 Å². The second kappa shape index (κ2) is 9.35. The molecular weight excluding hydrogens is 348 g/mol. The normalized spacial score (nSPS) is 10.2. The highest BCUT2D eigenvalue weighted by Crippen LogP contribution is 2.34. The van der Waals surface area contributed by atoms with Crippen LogP contribution in [0.25, 0.3) is 0 Å². The van der Waals surface area contributed by atoms with Crippen molar-refractivity contribution in [2.75, 3.05) is 20.8 Å². The van der Waals surface area contributed by atoms with Gasteiger partial charge in [0.05, 0.1) is 31.3 Å². The molecule has 1 amide bonds. The first kappa shape index (κ1) is 20.9. The van der Waals surface area contributed by atoms with Gasteiger partial charge in [-0.05, 0) is 19.9 Å². The summed E-state index contributed by atoms with van der Waals surface area (Å²) in [7, 11) is 2.65. The summed E-state index contributed by atoms with van der Waals surface area (Å²) in [4.78, 5) is 45.7. The molecule has 0 radical (unpaired) electrons. The average Bonchev–Trinajstić information content (AvgIpc) is 2.58. The molecule has 26 heavy (non-hydrogen) atoms. The van der Waals surface area contributed by atoms with Crippen LogP contribution >= 0.6 is 0 Å². The van der Waals surface area contributed by atoms with E-state index in [2.05, 4.69) is 5.32 Å². The number of nitro benzene ring substituents is 1. The Morgan fingerprint density at radius 3 is 2.23 bits per heavy atom. The van der Waals surface area contributed by atoms with Crippen molar-refractivity contribution in [3.63, 3.8) is 0 Å². The van der Waals surface area contributed by atoms with E-state index >= 15 is 0 Å². The van der Waals surface area contributed by atoms with Gasteiger partial charge in [-0.3, -0.25) is 24.5 Å². The van der Waals surface area contributed by atoms with Gasteiger partial charge in [0, 0.05) is 12.0 Å². The number of rotatable bonds is 9. The summed E-state index contributed by atoms with van der Waals surface area (Å²) in [5, 5.41) is 13.3. The first-order valence-corrected chi connectivity index (χ1v) is 7.59.